The molecular formula is C23H24N6. The van der Waals surface area contributed by atoms with Crippen LogP contribution in [0.1, 0.15) is 6.92 Å². The molecule has 6 nitrogen and oxygen atoms in total. The number of piperazine rings is 1. The van der Waals surface area contributed by atoms with Gasteiger partial charge in [0, 0.05) is 37.4 Å². The summed E-state index contributed by atoms with van der Waals surface area (Å²) in [5, 5.41) is 4.56. The molecule has 146 valence electrons. The van der Waals surface area contributed by atoms with Gasteiger partial charge in [-0.15, -0.1) is 0 Å². The molecule has 0 radical (unpaired) electrons. The van der Waals surface area contributed by atoms with Gasteiger partial charge in [-0.05, 0) is 30.8 Å². The second-order valence-electron chi connectivity index (χ2n) is 7.32. The summed E-state index contributed by atoms with van der Waals surface area (Å²) in [4.78, 5) is 14.2. The Balaban J connectivity index is 1.39. The van der Waals surface area contributed by atoms with Crippen molar-refractivity contribution in [2.45, 2.75) is 6.92 Å². The molecule has 29 heavy (non-hydrogen) atoms. The minimum atomic E-state index is 0.721. The quantitative estimate of drug-likeness (QED) is 0.538. The van der Waals surface area contributed by atoms with Crippen LogP contribution in [0.25, 0.3) is 28.1 Å². The van der Waals surface area contributed by atoms with Crippen LogP contribution in [0.4, 0.5) is 5.69 Å². The van der Waals surface area contributed by atoms with Crippen molar-refractivity contribution in [3.8, 4) is 17.1 Å². The predicted octanol–water partition coefficient (Wildman–Crippen LogP) is 3.62. The molecule has 0 aliphatic carbocycles. The molecule has 0 N–H and O–H groups in total. The van der Waals surface area contributed by atoms with Crippen LogP contribution >= 0.6 is 0 Å². The van der Waals surface area contributed by atoms with Gasteiger partial charge in [-0.2, -0.15) is 5.10 Å². The summed E-state index contributed by atoms with van der Waals surface area (Å²) in [5.74, 6) is 0.721. The third-order valence-corrected chi connectivity index (χ3v) is 5.63. The average Bonchev–Trinajstić information content (AvgIpc) is 3.23. The van der Waals surface area contributed by atoms with Crippen molar-refractivity contribution in [3.05, 3.63) is 67.0 Å². The van der Waals surface area contributed by atoms with Crippen LogP contribution in [0.2, 0.25) is 0 Å². The number of likely N-dealkylation sites (N-methyl/N-ethyl adjacent to an activating group) is 1. The summed E-state index contributed by atoms with van der Waals surface area (Å²) < 4.78 is 1.91. The lowest BCUT2D eigenvalue weighted by Gasteiger charge is -2.35. The van der Waals surface area contributed by atoms with Crippen LogP contribution in [-0.2, 0) is 0 Å². The van der Waals surface area contributed by atoms with E-state index in [2.05, 4.69) is 51.1 Å². The molecule has 1 saturated heterocycles. The highest BCUT2D eigenvalue weighted by molar-refractivity contribution is 5.77. The molecule has 4 aromatic rings. The number of nitrogens with zero attached hydrogens (tertiary/aromatic N) is 6. The van der Waals surface area contributed by atoms with Gasteiger partial charge in [0.25, 0.3) is 0 Å². The van der Waals surface area contributed by atoms with Crippen molar-refractivity contribution in [2.75, 3.05) is 37.6 Å². The Hall–Kier alpha value is -3.25. The minimum absolute atomic E-state index is 0.721. The Morgan fingerprint density at radius 1 is 0.828 bits per heavy atom. The number of aromatic nitrogens is 4. The van der Waals surface area contributed by atoms with Gasteiger partial charge in [-0.1, -0.05) is 37.3 Å². The third-order valence-electron chi connectivity index (χ3n) is 5.63. The lowest BCUT2D eigenvalue weighted by Crippen LogP contribution is -2.46. The molecule has 0 saturated carbocycles. The lowest BCUT2D eigenvalue weighted by atomic mass is 10.2. The highest BCUT2D eigenvalue weighted by atomic mass is 15.3. The zero-order valence-corrected chi connectivity index (χ0v) is 16.6. The molecule has 2 aromatic heterocycles. The van der Waals surface area contributed by atoms with Crippen LogP contribution in [0.5, 0.6) is 0 Å². The van der Waals surface area contributed by atoms with E-state index in [-0.39, 0.29) is 0 Å². The van der Waals surface area contributed by atoms with E-state index < -0.39 is 0 Å². The molecule has 6 heteroatoms. The summed E-state index contributed by atoms with van der Waals surface area (Å²) in [6, 6.07) is 18.6. The maximum Gasteiger partial charge on any atom is 0.159 e. The third kappa shape index (κ3) is 3.47. The van der Waals surface area contributed by atoms with Gasteiger partial charge in [-0.25, -0.2) is 14.6 Å². The van der Waals surface area contributed by atoms with Crippen molar-refractivity contribution in [1.82, 2.24) is 24.6 Å². The van der Waals surface area contributed by atoms with Gasteiger partial charge in [0.15, 0.2) is 5.82 Å². The molecule has 1 fully saturated rings. The number of rotatable bonds is 4. The fraction of sp³-hybridized carbons (Fsp3) is 0.261. The van der Waals surface area contributed by atoms with E-state index in [1.165, 1.54) is 5.69 Å². The lowest BCUT2D eigenvalue weighted by molar-refractivity contribution is 0.271. The first kappa shape index (κ1) is 17.8. The van der Waals surface area contributed by atoms with Crippen LogP contribution in [0.15, 0.2) is 67.0 Å². The topological polar surface area (TPSA) is 50.1 Å². The van der Waals surface area contributed by atoms with E-state index in [0.717, 1.165) is 60.8 Å². The van der Waals surface area contributed by atoms with Gasteiger partial charge in [0.2, 0.25) is 0 Å². The smallest absolute Gasteiger partial charge is 0.159 e. The van der Waals surface area contributed by atoms with Crippen LogP contribution in [-0.4, -0.2) is 57.4 Å². The highest BCUT2D eigenvalue weighted by Crippen LogP contribution is 2.23. The monoisotopic (exact) mass is 384 g/mol. The van der Waals surface area contributed by atoms with Crippen LogP contribution in [0.3, 0.4) is 0 Å². The van der Waals surface area contributed by atoms with Crippen LogP contribution < -0.4 is 4.90 Å². The Kier molecular flexibility index (Phi) is 4.69. The first-order valence-corrected chi connectivity index (χ1v) is 10.2. The average molecular weight is 384 g/mol. The molecule has 2 aromatic carbocycles. The molecule has 0 unspecified atom stereocenters. The molecule has 0 spiro atoms. The van der Waals surface area contributed by atoms with Gasteiger partial charge in [-0.3, -0.25) is 0 Å². The van der Waals surface area contributed by atoms with E-state index in [1.807, 2.05) is 41.2 Å². The number of benzene rings is 2. The molecule has 5 rings (SSSR count). The fourth-order valence-electron chi connectivity index (χ4n) is 3.88. The van der Waals surface area contributed by atoms with Crippen LogP contribution in [0, 0.1) is 0 Å². The molecule has 0 bridgehead atoms. The number of fused-ring (bicyclic) bond motifs is 1. The van der Waals surface area contributed by atoms with Crippen molar-refractivity contribution in [2.24, 2.45) is 0 Å². The van der Waals surface area contributed by atoms with Crippen molar-refractivity contribution >= 4 is 16.7 Å². The van der Waals surface area contributed by atoms with Crippen molar-refractivity contribution in [3.63, 3.8) is 0 Å². The number of hydrogen-bond acceptors (Lipinski definition) is 5. The highest BCUT2D eigenvalue weighted by Gasteiger charge is 2.16. The van der Waals surface area contributed by atoms with Crippen molar-refractivity contribution < 1.29 is 0 Å². The molecule has 1 aliphatic rings. The molecule has 0 atom stereocenters. The predicted molar refractivity (Wildman–Crippen MR) is 116 cm³/mol. The SMILES string of the molecule is CCN1CCN(c2ccc(-n3ncc4nc(-c5ccccc5)ncc43)cc2)CC1. The summed E-state index contributed by atoms with van der Waals surface area (Å²) in [6.45, 7) is 7.77. The Bertz CT molecular complexity index is 1100. The van der Waals surface area contributed by atoms with E-state index in [1.54, 1.807) is 6.20 Å². The van der Waals surface area contributed by atoms with E-state index >= 15 is 0 Å². The van der Waals surface area contributed by atoms with E-state index in [4.69, 9.17) is 4.98 Å². The zero-order chi connectivity index (χ0) is 19.6. The maximum atomic E-state index is 4.69. The summed E-state index contributed by atoms with van der Waals surface area (Å²) in [5.41, 5.74) is 5.05. The second-order valence-corrected chi connectivity index (χ2v) is 7.32. The van der Waals surface area contributed by atoms with Gasteiger partial charge in [0.1, 0.15) is 11.0 Å². The van der Waals surface area contributed by atoms with Gasteiger partial charge >= 0.3 is 0 Å². The number of hydrogen-bond donors (Lipinski definition) is 0. The maximum absolute atomic E-state index is 4.69. The summed E-state index contributed by atoms with van der Waals surface area (Å²) in [7, 11) is 0. The Labute approximate surface area is 170 Å². The number of anilines is 1. The largest absolute Gasteiger partial charge is 0.369 e. The molecule has 0 amide bonds. The summed E-state index contributed by atoms with van der Waals surface area (Å²) >= 11 is 0. The summed E-state index contributed by atoms with van der Waals surface area (Å²) in [6.07, 6.45) is 3.66. The normalized spacial score (nSPS) is 15.1. The standard InChI is InChI=1S/C23H24N6/c1-2-27-12-14-28(15-13-27)19-8-10-20(11-9-19)29-22-17-24-23(26-21(22)16-25-29)18-6-4-3-5-7-18/h3-11,16-17H,2,12-15H2,1H3. The van der Waals surface area contributed by atoms with E-state index in [0.29, 0.717) is 0 Å². The first-order chi connectivity index (χ1) is 14.3. The zero-order valence-electron chi connectivity index (χ0n) is 16.6. The Morgan fingerprint density at radius 3 is 2.28 bits per heavy atom. The van der Waals surface area contributed by atoms with Crippen molar-refractivity contribution in [1.29, 1.82) is 0 Å². The second kappa shape index (κ2) is 7.64. The molecular weight excluding hydrogens is 360 g/mol. The first-order valence-electron chi connectivity index (χ1n) is 10.2. The Morgan fingerprint density at radius 2 is 1.55 bits per heavy atom. The van der Waals surface area contributed by atoms with Gasteiger partial charge in [0.05, 0.1) is 18.1 Å². The molecule has 1 aliphatic heterocycles. The fourth-order valence-corrected chi connectivity index (χ4v) is 3.88. The van der Waals surface area contributed by atoms with E-state index in [9.17, 15) is 0 Å². The minimum Gasteiger partial charge on any atom is -0.369 e. The van der Waals surface area contributed by atoms with Gasteiger partial charge < -0.3 is 9.80 Å². The molecule has 3 heterocycles.